The van der Waals surface area contributed by atoms with Gasteiger partial charge in [0.1, 0.15) is 11.2 Å². The molecule has 0 bridgehead atoms. The highest BCUT2D eigenvalue weighted by atomic mass is 16.3. The van der Waals surface area contributed by atoms with Gasteiger partial charge in [-0.1, -0.05) is 98.8 Å². The highest BCUT2D eigenvalue weighted by molar-refractivity contribution is 5.91. The molecule has 0 spiro atoms. The van der Waals surface area contributed by atoms with Gasteiger partial charge >= 0.3 is 0 Å². The number of nitrogens with two attached hydrogens (primary N) is 1. The highest BCUT2D eigenvalue weighted by Gasteiger charge is 2.49. The van der Waals surface area contributed by atoms with Crippen LogP contribution in [-0.4, -0.2) is 58.9 Å². The minimum absolute atomic E-state index is 0.0463. The SMILES string of the molecule is NC(=O)C(c1ccccc1)(c1ccccc1)[C@@H]1CCN(CCCCCCCCCNC[C@H](O)c2ccc(O)c(CO)c2)C1. The first-order valence-corrected chi connectivity index (χ1v) is 15.9. The molecular formula is C36H49N3O4. The fraction of sp³-hybridized carbons (Fsp3) is 0.472. The zero-order valence-corrected chi connectivity index (χ0v) is 25.3. The molecule has 0 radical (unpaired) electrons. The molecule has 1 fully saturated rings. The van der Waals surface area contributed by atoms with Crippen molar-refractivity contribution in [1.29, 1.82) is 0 Å². The summed E-state index contributed by atoms with van der Waals surface area (Å²) >= 11 is 0. The molecule has 232 valence electrons. The Morgan fingerprint density at radius 2 is 1.51 bits per heavy atom. The number of hydrogen-bond donors (Lipinski definition) is 5. The number of phenols is 1. The number of likely N-dealkylation sites (tertiary alicyclic amines) is 1. The van der Waals surface area contributed by atoms with Crippen LogP contribution in [0.3, 0.4) is 0 Å². The van der Waals surface area contributed by atoms with Crippen molar-refractivity contribution in [3.63, 3.8) is 0 Å². The van der Waals surface area contributed by atoms with Crippen LogP contribution in [0.2, 0.25) is 0 Å². The van der Waals surface area contributed by atoms with Crippen LogP contribution in [0.1, 0.15) is 79.7 Å². The van der Waals surface area contributed by atoms with Crippen molar-refractivity contribution in [2.75, 3.05) is 32.7 Å². The zero-order valence-electron chi connectivity index (χ0n) is 25.3. The quantitative estimate of drug-likeness (QED) is 0.133. The number of primary amides is 1. The molecule has 1 heterocycles. The number of unbranched alkanes of at least 4 members (excludes halogenated alkanes) is 6. The molecule has 4 rings (SSSR count). The van der Waals surface area contributed by atoms with Crippen LogP contribution in [0.4, 0.5) is 0 Å². The molecule has 6 N–H and O–H groups in total. The predicted octanol–water partition coefficient (Wildman–Crippen LogP) is 5.03. The van der Waals surface area contributed by atoms with E-state index in [4.69, 9.17) is 5.73 Å². The molecule has 0 aromatic heterocycles. The summed E-state index contributed by atoms with van der Waals surface area (Å²) in [5, 5.41) is 32.6. The number of benzene rings is 3. The molecule has 3 aromatic rings. The van der Waals surface area contributed by atoms with Crippen molar-refractivity contribution >= 4 is 5.91 Å². The third kappa shape index (κ3) is 8.45. The van der Waals surface area contributed by atoms with E-state index in [1.54, 1.807) is 12.1 Å². The standard InChI is InChI=1S/C36H49N3O4/c37-35(43)36(30-14-8-6-9-15-30,31-16-10-7-11-17-31)32-20-23-39(26-32)22-13-5-3-1-2-4-12-21-38-25-34(42)28-18-19-33(41)29(24-28)27-40/h6-11,14-19,24,32,34,38,40-42H,1-5,12-13,20-23,25-27H2,(H2,37,43)/t32-,34+/m1/s1. The molecule has 1 saturated heterocycles. The molecule has 1 amide bonds. The van der Waals surface area contributed by atoms with Gasteiger partial charge in [-0.3, -0.25) is 4.79 Å². The lowest BCUT2D eigenvalue weighted by atomic mass is 9.64. The smallest absolute Gasteiger partial charge is 0.232 e. The van der Waals surface area contributed by atoms with Crippen LogP contribution in [-0.2, 0) is 16.8 Å². The van der Waals surface area contributed by atoms with Crippen LogP contribution in [0.15, 0.2) is 78.9 Å². The molecule has 1 aliphatic heterocycles. The third-order valence-corrected chi connectivity index (χ3v) is 9.06. The fourth-order valence-corrected chi connectivity index (χ4v) is 6.68. The number of aromatic hydroxyl groups is 1. The molecule has 0 saturated carbocycles. The number of hydrogen-bond acceptors (Lipinski definition) is 6. The Labute approximate surface area is 256 Å². The Balaban J connectivity index is 1.12. The Morgan fingerprint density at radius 3 is 2.12 bits per heavy atom. The summed E-state index contributed by atoms with van der Waals surface area (Å²) in [6.45, 7) is 3.99. The monoisotopic (exact) mass is 587 g/mol. The average Bonchev–Trinajstić information content (AvgIpc) is 3.50. The Bertz CT molecular complexity index is 1210. The summed E-state index contributed by atoms with van der Waals surface area (Å²) in [6, 6.07) is 25.0. The summed E-state index contributed by atoms with van der Waals surface area (Å²) in [7, 11) is 0. The maximum absolute atomic E-state index is 13.3. The number of aliphatic hydroxyl groups is 2. The number of carbonyl (C=O) groups excluding carboxylic acids is 1. The van der Waals surface area contributed by atoms with E-state index in [2.05, 4.69) is 10.2 Å². The molecular weight excluding hydrogens is 538 g/mol. The third-order valence-electron chi connectivity index (χ3n) is 9.06. The number of carbonyl (C=O) groups is 1. The van der Waals surface area contributed by atoms with Crippen LogP contribution in [0.5, 0.6) is 5.75 Å². The molecule has 2 atom stereocenters. The zero-order chi connectivity index (χ0) is 30.5. The van der Waals surface area contributed by atoms with Crippen molar-refractivity contribution in [3.8, 4) is 5.75 Å². The lowest BCUT2D eigenvalue weighted by molar-refractivity contribution is -0.123. The highest BCUT2D eigenvalue weighted by Crippen LogP contribution is 2.43. The van der Waals surface area contributed by atoms with Crippen LogP contribution in [0.25, 0.3) is 0 Å². The summed E-state index contributed by atoms with van der Waals surface area (Å²) < 4.78 is 0. The molecule has 7 nitrogen and oxygen atoms in total. The van der Waals surface area contributed by atoms with E-state index in [9.17, 15) is 20.1 Å². The predicted molar refractivity (Wildman–Crippen MR) is 172 cm³/mol. The number of rotatable bonds is 18. The van der Waals surface area contributed by atoms with Crippen molar-refractivity contribution in [2.24, 2.45) is 11.7 Å². The molecule has 1 aliphatic rings. The first-order chi connectivity index (χ1) is 21.0. The second-order valence-electron chi connectivity index (χ2n) is 11.9. The van der Waals surface area contributed by atoms with Crippen molar-refractivity contribution in [1.82, 2.24) is 10.2 Å². The Hall–Kier alpha value is -3.23. The Morgan fingerprint density at radius 1 is 0.907 bits per heavy atom. The van der Waals surface area contributed by atoms with Gasteiger partial charge in [-0.15, -0.1) is 0 Å². The van der Waals surface area contributed by atoms with Gasteiger partial charge in [-0.25, -0.2) is 0 Å². The van der Waals surface area contributed by atoms with E-state index in [0.717, 1.165) is 50.1 Å². The van der Waals surface area contributed by atoms with E-state index >= 15 is 0 Å². The maximum Gasteiger partial charge on any atom is 0.232 e. The van der Waals surface area contributed by atoms with E-state index < -0.39 is 11.5 Å². The minimum atomic E-state index is -0.820. The molecule has 3 aromatic carbocycles. The lowest BCUT2D eigenvalue weighted by Gasteiger charge is -2.37. The van der Waals surface area contributed by atoms with Crippen molar-refractivity contribution < 1.29 is 20.1 Å². The topological polar surface area (TPSA) is 119 Å². The second kappa shape index (κ2) is 16.6. The van der Waals surface area contributed by atoms with Crippen LogP contribution < -0.4 is 11.1 Å². The van der Waals surface area contributed by atoms with Gasteiger partial charge in [0.25, 0.3) is 0 Å². The van der Waals surface area contributed by atoms with E-state index in [1.165, 1.54) is 44.6 Å². The minimum Gasteiger partial charge on any atom is -0.508 e. The number of aliphatic hydroxyl groups excluding tert-OH is 2. The molecule has 0 aliphatic carbocycles. The summed E-state index contributed by atoms with van der Waals surface area (Å²) in [5.74, 6) is -0.0780. The van der Waals surface area contributed by atoms with Gasteiger partial charge in [-0.2, -0.15) is 0 Å². The van der Waals surface area contributed by atoms with Gasteiger partial charge in [-0.05, 0) is 73.6 Å². The van der Waals surface area contributed by atoms with Gasteiger partial charge in [0.15, 0.2) is 0 Å². The summed E-state index contributed by atoms with van der Waals surface area (Å²) in [6.07, 6.45) is 8.59. The van der Waals surface area contributed by atoms with Gasteiger partial charge in [0, 0.05) is 18.7 Å². The molecule has 7 heteroatoms. The first kappa shape index (κ1) is 32.7. The Kier molecular flexibility index (Phi) is 12.6. The van der Waals surface area contributed by atoms with E-state index in [-0.39, 0.29) is 24.2 Å². The molecule has 43 heavy (non-hydrogen) atoms. The van der Waals surface area contributed by atoms with Gasteiger partial charge in [0.05, 0.1) is 12.7 Å². The van der Waals surface area contributed by atoms with Crippen molar-refractivity contribution in [3.05, 3.63) is 101 Å². The summed E-state index contributed by atoms with van der Waals surface area (Å²) in [5.41, 5.74) is 8.51. The van der Waals surface area contributed by atoms with E-state index in [0.29, 0.717) is 17.7 Å². The van der Waals surface area contributed by atoms with E-state index in [1.807, 2.05) is 60.7 Å². The number of amides is 1. The second-order valence-corrected chi connectivity index (χ2v) is 11.9. The van der Waals surface area contributed by atoms with Crippen molar-refractivity contribution in [2.45, 2.75) is 69.5 Å². The fourth-order valence-electron chi connectivity index (χ4n) is 6.68. The first-order valence-electron chi connectivity index (χ1n) is 15.9. The van der Waals surface area contributed by atoms with Gasteiger partial charge in [0.2, 0.25) is 5.91 Å². The van der Waals surface area contributed by atoms with Crippen LogP contribution >= 0.6 is 0 Å². The summed E-state index contributed by atoms with van der Waals surface area (Å²) in [4.78, 5) is 15.8. The average molecular weight is 588 g/mol. The normalized spacial score (nSPS) is 16.4. The van der Waals surface area contributed by atoms with Crippen LogP contribution in [0, 0.1) is 5.92 Å². The molecule has 0 unspecified atom stereocenters. The largest absolute Gasteiger partial charge is 0.508 e. The lowest BCUT2D eigenvalue weighted by Crippen LogP contribution is -2.49. The number of nitrogens with one attached hydrogen (secondary N) is 1. The number of nitrogens with zero attached hydrogens (tertiary/aromatic N) is 1. The van der Waals surface area contributed by atoms with Gasteiger partial charge < -0.3 is 31.3 Å². The maximum atomic E-state index is 13.3.